The quantitative estimate of drug-likeness (QED) is 0.688. The fraction of sp³-hybridized carbons (Fsp3) is 0.435. The second-order valence-corrected chi connectivity index (χ2v) is 8.90. The SMILES string of the molecule is CC(C(=O)O)c1ccc2c(c1)C(=C1CCN(C(C)C)CC1)c1sccc1CO2.Cl. The van der Waals surface area contributed by atoms with Gasteiger partial charge in [-0.3, -0.25) is 4.79 Å². The van der Waals surface area contributed by atoms with E-state index >= 15 is 0 Å². The van der Waals surface area contributed by atoms with Crippen molar-refractivity contribution in [1.82, 2.24) is 4.90 Å². The van der Waals surface area contributed by atoms with Gasteiger partial charge in [-0.05, 0) is 62.8 Å². The summed E-state index contributed by atoms with van der Waals surface area (Å²) in [5.41, 5.74) is 5.85. The first-order valence-corrected chi connectivity index (χ1v) is 10.9. The van der Waals surface area contributed by atoms with Crippen LogP contribution in [-0.4, -0.2) is 35.1 Å². The minimum atomic E-state index is -0.800. The van der Waals surface area contributed by atoms with Gasteiger partial charge in [0.1, 0.15) is 12.4 Å². The van der Waals surface area contributed by atoms with Crippen molar-refractivity contribution in [3.05, 3.63) is 56.8 Å². The van der Waals surface area contributed by atoms with Crippen LogP contribution in [0.3, 0.4) is 0 Å². The Morgan fingerprint density at radius 2 is 1.90 bits per heavy atom. The van der Waals surface area contributed by atoms with Crippen LogP contribution in [0.5, 0.6) is 5.75 Å². The van der Waals surface area contributed by atoms with Gasteiger partial charge >= 0.3 is 5.97 Å². The van der Waals surface area contributed by atoms with E-state index in [0.29, 0.717) is 12.6 Å². The molecule has 4 rings (SSSR count). The Morgan fingerprint density at radius 1 is 1.17 bits per heavy atom. The van der Waals surface area contributed by atoms with Gasteiger partial charge in [0.25, 0.3) is 0 Å². The minimum Gasteiger partial charge on any atom is -0.488 e. The summed E-state index contributed by atoms with van der Waals surface area (Å²) in [6.07, 6.45) is 2.09. The summed E-state index contributed by atoms with van der Waals surface area (Å²) >= 11 is 1.76. The number of carboxylic acid groups (broad SMARTS) is 1. The summed E-state index contributed by atoms with van der Waals surface area (Å²) in [7, 11) is 0. The molecule has 1 atom stereocenters. The van der Waals surface area contributed by atoms with Crippen molar-refractivity contribution in [2.45, 2.75) is 52.2 Å². The van der Waals surface area contributed by atoms with Crippen LogP contribution in [0.4, 0.5) is 0 Å². The Bertz CT molecular complexity index is 924. The molecule has 0 amide bonds. The molecule has 1 fully saturated rings. The predicted molar refractivity (Wildman–Crippen MR) is 120 cm³/mol. The Balaban J connectivity index is 0.00000240. The van der Waals surface area contributed by atoms with Crippen LogP contribution in [0.25, 0.3) is 5.57 Å². The molecule has 1 aromatic carbocycles. The minimum absolute atomic E-state index is 0. The highest BCUT2D eigenvalue weighted by Gasteiger charge is 2.27. The maximum atomic E-state index is 11.5. The van der Waals surface area contributed by atoms with Crippen LogP contribution >= 0.6 is 23.7 Å². The van der Waals surface area contributed by atoms with Crippen LogP contribution in [0.1, 0.15) is 61.1 Å². The molecule has 1 saturated heterocycles. The van der Waals surface area contributed by atoms with Crippen LogP contribution in [0, 0.1) is 0 Å². The topological polar surface area (TPSA) is 49.8 Å². The zero-order valence-corrected chi connectivity index (χ0v) is 18.7. The van der Waals surface area contributed by atoms with Gasteiger partial charge in [0.15, 0.2) is 0 Å². The molecule has 0 saturated carbocycles. The Kier molecular flexibility index (Phi) is 6.72. The van der Waals surface area contributed by atoms with E-state index in [9.17, 15) is 9.90 Å². The van der Waals surface area contributed by atoms with E-state index in [1.165, 1.54) is 21.6 Å². The fourth-order valence-electron chi connectivity index (χ4n) is 4.14. The number of benzene rings is 1. The number of rotatable bonds is 3. The van der Waals surface area contributed by atoms with Crippen molar-refractivity contribution >= 4 is 35.3 Å². The van der Waals surface area contributed by atoms with Crippen molar-refractivity contribution in [2.75, 3.05) is 13.1 Å². The van der Waals surface area contributed by atoms with Crippen molar-refractivity contribution in [2.24, 2.45) is 0 Å². The number of nitrogens with zero attached hydrogens (tertiary/aromatic N) is 1. The molecule has 0 aliphatic carbocycles. The van der Waals surface area contributed by atoms with E-state index in [1.807, 2.05) is 18.2 Å². The lowest BCUT2D eigenvalue weighted by molar-refractivity contribution is -0.138. The number of halogens is 1. The highest BCUT2D eigenvalue weighted by molar-refractivity contribution is 7.11. The molecule has 6 heteroatoms. The number of aliphatic carboxylic acids is 1. The molecule has 29 heavy (non-hydrogen) atoms. The van der Waals surface area contributed by atoms with Gasteiger partial charge in [-0.25, -0.2) is 0 Å². The monoisotopic (exact) mass is 433 g/mol. The van der Waals surface area contributed by atoms with E-state index in [0.717, 1.165) is 42.8 Å². The second kappa shape index (κ2) is 8.90. The Morgan fingerprint density at radius 3 is 2.55 bits per heavy atom. The van der Waals surface area contributed by atoms with Crippen molar-refractivity contribution in [3.8, 4) is 5.75 Å². The maximum Gasteiger partial charge on any atom is 0.310 e. The number of likely N-dealkylation sites (tertiary alicyclic amines) is 1. The van der Waals surface area contributed by atoms with Gasteiger partial charge in [-0.15, -0.1) is 23.7 Å². The predicted octanol–water partition coefficient (Wildman–Crippen LogP) is 5.56. The lowest BCUT2D eigenvalue weighted by atomic mass is 9.88. The second-order valence-electron chi connectivity index (χ2n) is 7.99. The number of piperidine rings is 1. The molecule has 1 unspecified atom stereocenters. The number of hydrogen-bond acceptors (Lipinski definition) is 4. The van der Waals surface area contributed by atoms with E-state index < -0.39 is 11.9 Å². The van der Waals surface area contributed by atoms with Crippen molar-refractivity contribution in [1.29, 1.82) is 0 Å². The smallest absolute Gasteiger partial charge is 0.310 e. The molecule has 156 valence electrons. The summed E-state index contributed by atoms with van der Waals surface area (Å²) < 4.78 is 6.12. The van der Waals surface area contributed by atoms with Crippen molar-refractivity contribution in [3.63, 3.8) is 0 Å². The number of hydrogen-bond donors (Lipinski definition) is 1. The number of carboxylic acids is 1. The largest absolute Gasteiger partial charge is 0.488 e. The van der Waals surface area contributed by atoms with Crippen LogP contribution in [0.2, 0.25) is 0 Å². The Labute approximate surface area is 182 Å². The van der Waals surface area contributed by atoms with E-state index in [4.69, 9.17) is 4.74 Å². The third kappa shape index (κ3) is 4.23. The first kappa shape index (κ1) is 21.9. The molecule has 1 N–H and O–H groups in total. The van der Waals surface area contributed by atoms with Gasteiger partial charge in [0.05, 0.1) is 5.92 Å². The molecule has 0 bridgehead atoms. The lowest BCUT2D eigenvalue weighted by Crippen LogP contribution is -2.36. The number of thiophene rings is 1. The zero-order valence-electron chi connectivity index (χ0n) is 17.1. The van der Waals surface area contributed by atoms with Crippen LogP contribution < -0.4 is 4.74 Å². The van der Waals surface area contributed by atoms with Crippen LogP contribution in [-0.2, 0) is 11.4 Å². The molecule has 0 spiro atoms. The first-order valence-electron chi connectivity index (χ1n) is 9.98. The standard InChI is InChI=1S/C23H27NO3S.ClH/c1-14(2)24-9-6-16(7-10-24)21-19-12-17(15(3)23(25)26)4-5-20(19)27-13-18-8-11-28-22(18)21;/h4-5,8,11-12,14-15H,6-7,9-10,13H2,1-3H3,(H,25,26);1H. The third-order valence-corrected chi connectivity index (χ3v) is 6.96. The van der Waals surface area contributed by atoms with Gasteiger partial charge < -0.3 is 14.7 Å². The highest BCUT2D eigenvalue weighted by Crippen LogP contribution is 2.44. The molecule has 2 aliphatic rings. The lowest BCUT2D eigenvalue weighted by Gasteiger charge is -2.33. The zero-order chi connectivity index (χ0) is 19.8. The number of carbonyl (C=O) groups is 1. The average molecular weight is 434 g/mol. The summed E-state index contributed by atoms with van der Waals surface area (Å²) in [4.78, 5) is 15.3. The van der Waals surface area contributed by atoms with Gasteiger partial charge in [0, 0.05) is 40.7 Å². The molecule has 2 aromatic rings. The Hall–Kier alpha value is -1.82. The summed E-state index contributed by atoms with van der Waals surface area (Å²) in [6.45, 7) is 8.95. The summed E-state index contributed by atoms with van der Waals surface area (Å²) in [6, 6.07) is 8.60. The van der Waals surface area contributed by atoms with Gasteiger partial charge in [-0.1, -0.05) is 11.6 Å². The number of fused-ring (bicyclic) bond motifs is 2. The van der Waals surface area contributed by atoms with E-state index in [2.05, 4.69) is 30.2 Å². The summed E-state index contributed by atoms with van der Waals surface area (Å²) in [5, 5.41) is 11.6. The molecule has 4 nitrogen and oxygen atoms in total. The van der Waals surface area contributed by atoms with Crippen LogP contribution in [0.15, 0.2) is 35.2 Å². The molecule has 2 aliphatic heterocycles. The number of ether oxygens (including phenoxy) is 1. The van der Waals surface area contributed by atoms with E-state index in [-0.39, 0.29) is 12.4 Å². The van der Waals surface area contributed by atoms with Crippen molar-refractivity contribution < 1.29 is 14.6 Å². The average Bonchev–Trinajstić information content (AvgIpc) is 3.09. The maximum absolute atomic E-state index is 11.5. The van der Waals surface area contributed by atoms with E-state index in [1.54, 1.807) is 18.3 Å². The fourth-order valence-corrected chi connectivity index (χ4v) is 5.16. The van der Waals surface area contributed by atoms with Gasteiger partial charge in [0.2, 0.25) is 0 Å². The molecule has 1 aromatic heterocycles. The molecular weight excluding hydrogens is 406 g/mol. The molecule has 0 radical (unpaired) electrons. The third-order valence-electron chi connectivity index (χ3n) is 5.99. The first-order chi connectivity index (χ1) is 13.5. The molecular formula is C23H28ClNO3S. The van der Waals surface area contributed by atoms with Gasteiger partial charge in [-0.2, -0.15) is 0 Å². The molecule has 3 heterocycles. The summed E-state index contributed by atoms with van der Waals surface area (Å²) in [5.74, 6) is -0.477. The normalized spacial score (nSPS) is 17.7. The highest BCUT2D eigenvalue weighted by atomic mass is 35.5.